The molecule has 27 heavy (non-hydrogen) atoms. The Hall–Kier alpha value is -3.22. The third-order valence-corrected chi connectivity index (χ3v) is 3.87. The minimum atomic E-state index is -0.731. The molecule has 0 radical (unpaired) electrons. The molecule has 0 aromatic heterocycles. The average molecular weight is 373 g/mol. The number of amides is 1. The van der Waals surface area contributed by atoms with Gasteiger partial charge in [-0.1, -0.05) is 25.1 Å². The van der Waals surface area contributed by atoms with Crippen LogP contribution in [0.5, 0.6) is 17.2 Å². The molecule has 0 unspecified atom stereocenters. The largest absolute Gasteiger partial charge is 0.493 e. The van der Waals surface area contributed by atoms with Crippen LogP contribution in [0.25, 0.3) is 0 Å². The van der Waals surface area contributed by atoms with E-state index in [2.05, 4.69) is 5.32 Å². The first-order chi connectivity index (χ1) is 13.0. The smallest absolute Gasteiger partial charge is 0.340 e. The third-order valence-electron chi connectivity index (χ3n) is 3.87. The van der Waals surface area contributed by atoms with Crippen molar-refractivity contribution in [1.29, 1.82) is 0 Å². The number of ether oxygens (including phenoxy) is 4. The van der Waals surface area contributed by atoms with Gasteiger partial charge in [-0.25, -0.2) is 4.79 Å². The highest BCUT2D eigenvalue weighted by molar-refractivity contribution is 6.03. The lowest BCUT2D eigenvalue weighted by Crippen LogP contribution is -2.33. The normalized spacial score (nSPS) is 11.3. The molecule has 7 heteroatoms. The topological polar surface area (TPSA) is 83.1 Å². The second-order valence-electron chi connectivity index (χ2n) is 5.56. The van der Waals surface area contributed by atoms with Crippen LogP contribution in [-0.2, 0) is 9.53 Å². The maximum atomic E-state index is 12.7. The summed E-state index contributed by atoms with van der Waals surface area (Å²) in [5.74, 6) is 0.308. The fraction of sp³-hybridized carbons (Fsp3) is 0.300. The van der Waals surface area contributed by atoms with Gasteiger partial charge in [0.1, 0.15) is 5.75 Å². The maximum Gasteiger partial charge on any atom is 0.340 e. The Balaban J connectivity index is 2.30. The van der Waals surface area contributed by atoms with Crippen molar-refractivity contribution in [2.75, 3.05) is 26.6 Å². The standard InChI is InChI=1S/C20H23NO6/c1-5-16(27-13-9-7-6-8-10-13)19(22)21-15-12-18(25-3)17(24-2)11-14(15)20(23)26-4/h6-12,16H,5H2,1-4H3,(H,21,22)/t16-/m0/s1. The number of hydrogen-bond donors (Lipinski definition) is 1. The predicted octanol–water partition coefficient (Wildman–Crippen LogP) is 3.29. The van der Waals surface area contributed by atoms with E-state index in [9.17, 15) is 9.59 Å². The van der Waals surface area contributed by atoms with Crippen molar-refractivity contribution in [3.8, 4) is 17.2 Å². The maximum absolute atomic E-state index is 12.7. The van der Waals surface area contributed by atoms with Crippen LogP contribution >= 0.6 is 0 Å². The Bertz CT molecular complexity index is 791. The summed E-state index contributed by atoms with van der Waals surface area (Å²) in [6, 6.07) is 12.0. The highest BCUT2D eigenvalue weighted by Crippen LogP contribution is 2.34. The molecule has 2 aromatic rings. The van der Waals surface area contributed by atoms with Crippen molar-refractivity contribution in [1.82, 2.24) is 0 Å². The van der Waals surface area contributed by atoms with E-state index in [0.29, 0.717) is 23.7 Å². The van der Waals surface area contributed by atoms with Gasteiger partial charge in [-0.15, -0.1) is 0 Å². The molecule has 0 saturated heterocycles. The van der Waals surface area contributed by atoms with Gasteiger partial charge in [-0.2, -0.15) is 0 Å². The molecule has 0 aliphatic carbocycles. The fourth-order valence-corrected chi connectivity index (χ4v) is 2.46. The Morgan fingerprint density at radius 2 is 1.63 bits per heavy atom. The van der Waals surface area contributed by atoms with E-state index in [1.54, 1.807) is 12.1 Å². The molecule has 144 valence electrons. The molecule has 7 nitrogen and oxygen atoms in total. The van der Waals surface area contributed by atoms with Crippen LogP contribution < -0.4 is 19.5 Å². The first kappa shape index (κ1) is 20.1. The monoisotopic (exact) mass is 373 g/mol. The van der Waals surface area contributed by atoms with Crippen molar-refractivity contribution in [2.45, 2.75) is 19.4 Å². The Labute approximate surface area is 158 Å². The summed E-state index contributed by atoms with van der Waals surface area (Å²) in [6.45, 7) is 1.84. The summed E-state index contributed by atoms with van der Waals surface area (Å²) in [5, 5.41) is 2.72. The minimum Gasteiger partial charge on any atom is -0.493 e. The number of methoxy groups -OCH3 is 3. The van der Waals surface area contributed by atoms with Gasteiger partial charge in [0.15, 0.2) is 17.6 Å². The molecule has 0 heterocycles. The van der Waals surface area contributed by atoms with Gasteiger partial charge in [0.05, 0.1) is 32.6 Å². The first-order valence-corrected chi connectivity index (χ1v) is 8.40. The fourth-order valence-electron chi connectivity index (χ4n) is 2.46. The van der Waals surface area contributed by atoms with Crippen LogP contribution in [0.2, 0.25) is 0 Å². The van der Waals surface area contributed by atoms with Gasteiger partial charge in [-0.3, -0.25) is 4.79 Å². The zero-order chi connectivity index (χ0) is 19.8. The summed E-state index contributed by atoms with van der Waals surface area (Å²) in [7, 11) is 4.19. The van der Waals surface area contributed by atoms with Gasteiger partial charge >= 0.3 is 5.97 Å². The second-order valence-corrected chi connectivity index (χ2v) is 5.56. The number of carbonyl (C=O) groups is 2. The number of hydrogen-bond acceptors (Lipinski definition) is 6. The number of anilines is 1. The van der Waals surface area contributed by atoms with Crippen molar-refractivity contribution >= 4 is 17.6 Å². The van der Waals surface area contributed by atoms with Crippen LogP contribution in [-0.4, -0.2) is 39.3 Å². The number of benzene rings is 2. The molecule has 2 aromatic carbocycles. The Morgan fingerprint density at radius 3 is 2.19 bits per heavy atom. The number of nitrogens with one attached hydrogen (secondary N) is 1. The lowest BCUT2D eigenvalue weighted by Gasteiger charge is -2.19. The van der Waals surface area contributed by atoms with E-state index in [1.165, 1.54) is 33.5 Å². The number of esters is 1. The summed E-state index contributed by atoms with van der Waals surface area (Å²) in [4.78, 5) is 24.8. The number of para-hydroxylation sites is 1. The molecule has 1 amide bonds. The van der Waals surface area contributed by atoms with Crippen molar-refractivity contribution in [3.05, 3.63) is 48.0 Å². The highest BCUT2D eigenvalue weighted by atomic mass is 16.5. The Kier molecular flexibility index (Phi) is 7.05. The quantitative estimate of drug-likeness (QED) is 0.715. The van der Waals surface area contributed by atoms with Crippen LogP contribution in [0.3, 0.4) is 0 Å². The van der Waals surface area contributed by atoms with E-state index in [4.69, 9.17) is 18.9 Å². The van der Waals surface area contributed by atoms with Gasteiger partial charge < -0.3 is 24.3 Å². The molecular formula is C20H23NO6. The molecule has 0 aliphatic heterocycles. The summed E-state index contributed by atoms with van der Waals surface area (Å²) in [5.41, 5.74) is 0.401. The minimum absolute atomic E-state index is 0.151. The molecule has 0 bridgehead atoms. The second kappa shape index (κ2) is 9.47. The first-order valence-electron chi connectivity index (χ1n) is 8.40. The van der Waals surface area contributed by atoms with Crippen molar-refractivity contribution < 1.29 is 28.5 Å². The molecule has 2 rings (SSSR count). The van der Waals surface area contributed by atoms with Crippen LogP contribution in [0.15, 0.2) is 42.5 Å². The highest BCUT2D eigenvalue weighted by Gasteiger charge is 2.23. The SMILES string of the molecule is CC[C@H](Oc1ccccc1)C(=O)Nc1cc(OC)c(OC)cc1C(=O)OC. The molecular weight excluding hydrogens is 350 g/mol. The average Bonchev–Trinajstić information content (AvgIpc) is 2.71. The lowest BCUT2D eigenvalue weighted by atomic mass is 10.1. The molecule has 0 spiro atoms. The number of rotatable bonds is 8. The zero-order valence-electron chi connectivity index (χ0n) is 15.8. The molecule has 0 saturated carbocycles. The van der Waals surface area contributed by atoms with Crippen LogP contribution in [0, 0.1) is 0 Å². The molecule has 1 N–H and O–H groups in total. The van der Waals surface area contributed by atoms with Gasteiger partial charge in [-0.05, 0) is 18.6 Å². The van der Waals surface area contributed by atoms with Crippen LogP contribution in [0.1, 0.15) is 23.7 Å². The summed E-state index contributed by atoms with van der Waals surface area (Å²) in [6.07, 6.45) is -0.285. The van der Waals surface area contributed by atoms with E-state index >= 15 is 0 Å². The Morgan fingerprint density at radius 1 is 1.00 bits per heavy atom. The van der Waals surface area contributed by atoms with Crippen LogP contribution in [0.4, 0.5) is 5.69 Å². The third kappa shape index (κ3) is 4.91. The lowest BCUT2D eigenvalue weighted by molar-refractivity contribution is -0.122. The molecule has 1 atom stereocenters. The predicted molar refractivity (Wildman–Crippen MR) is 101 cm³/mol. The summed E-state index contributed by atoms with van der Waals surface area (Å²) < 4.78 is 21.0. The number of carbonyl (C=O) groups excluding carboxylic acids is 2. The van der Waals surface area contributed by atoms with E-state index in [-0.39, 0.29) is 11.3 Å². The van der Waals surface area contributed by atoms with Crippen molar-refractivity contribution in [2.24, 2.45) is 0 Å². The van der Waals surface area contributed by atoms with Crippen molar-refractivity contribution in [3.63, 3.8) is 0 Å². The summed E-state index contributed by atoms with van der Waals surface area (Å²) >= 11 is 0. The zero-order valence-corrected chi connectivity index (χ0v) is 15.8. The molecule has 0 aliphatic rings. The van der Waals surface area contributed by atoms with E-state index in [1.807, 2.05) is 25.1 Å². The van der Waals surface area contributed by atoms with Gasteiger partial charge in [0.25, 0.3) is 5.91 Å². The van der Waals surface area contributed by atoms with Gasteiger partial charge in [0.2, 0.25) is 0 Å². The molecule has 0 fully saturated rings. The van der Waals surface area contributed by atoms with Gasteiger partial charge in [0, 0.05) is 12.1 Å². The van der Waals surface area contributed by atoms with E-state index in [0.717, 1.165) is 0 Å². The van der Waals surface area contributed by atoms with E-state index < -0.39 is 18.0 Å².